The molecule has 3 N–H and O–H groups in total. The Morgan fingerprint density at radius 1 is 0.360 bits per heavy atom. The summed E-state index contributed by atoms with van der Waals surface area (Å²) in [6.07, 6.45) is 80.0. The van der Waals surface area contributed by atoms with Crippen LogP contribution in [0, 0.1) is 0 Å². The number of ether oxygens (including phenoxy) is 1. The summed E-state index contributed by atoms with van der Waals surface area (Å²) in [4.78, 5) is 24.4. The van der Waals surface area contributed by atoms with Crippen molar-refractivity contribution < 1.29 is 24.5 Å². The van der Waals surface area contributed by atoms with Crippen LogP contribution in [-0.2, 0) is 14.3 Å². The Kier molecular flexibility index (Phi) is 63.9. The van der Waals surface area contributed by atoms with Crippen molar-refractivity contribution in [3.05, 3.63) is 12.2 Å². The van der Waals surface area contributed by atoms with Crippen LogP contribution in [0.5, 0.6) is 0 Å². The number of aliphatic hydroxyl groups is 2. The Hall–Kier alpha value is -1.40. The molecule has 0 aromatic heterocycles. The number of carbonyl (C=O) groups excluding carboxylic acids is 2. The number of nitrogens with one attached hydrogen (secondary N) is 1. The van der Waals surface area contributed by atoms with Gasteiger partial charge in [0.15, 0.2) is 0 Å². The highest BCUT2D eigenvalue weighted by Crippen LogP contribution is 2.19. The molecule has 1 amide bonds. The average Bonchev–Trinajstić information content (AvgIpc) is 3.41. The number of allylic oxidation sites excluding steroid dienone is 2. The lowest BCUT2D eigenvalue weighted by Crippen LogP contribution is -2.45. The van der Waals surface area contributed by atoms with Gasteiger partial charge in [0.05, 0.1) is 25.4 Å². The molecule has 0 aromatic carbocycles. The van der Waals surface area contributed by atoms with Crippen LogP contribution in [0.4, 0.5) is 0 Å². The second-order valence-corrected chi connectivity index (χ2v) is 23.9. The van der Waals surface area contributed by atoms with E-state index >= 15 is 0 Å². The highest BCUT2D eigenvalue weighted by molar-refractivity contribution is 5.76. The zero-order valence-electron chi connectivity index (χ0n) is 51.1. The van der Waals surface area contributed by atoms with Gasteiger partial charge in [-0.05, 0) is 51.4 Å². The van der Waals surface area contributed by atoms with E-state index in [9.17, 15) is 19.8 Å². The largest absolute Gasteiger partial charge is 0.466 e. The van der Waals surface area contributed by atoms with Gasteiger partial charge in [-0.15, -0.1) is 0 Å². The minimum absolute atomic E-state index is 0.0137. The normalized spacial score (nSPS) is 12.5. The number of hydrogen-bond acceptors (Lipinski definition) is 5. The first-order valence-corrected chi connectivity index (χ1v) is 34.4. The number of unbranched alkanes of at least 4 members (excludes halogenated alkanes) is 52. The van der Waals surface area contributed by atoms with Crippen molar-refractivity contribution in [3.8, 4) is 0 Å². The molecule has 0 radical (unpaired) electrons. The summed E-state index contributed by atoms with van der Waals surface area (Å²) >= 11 is 0. The van der Waals surface area contributed by atoms with Gasteiger partial charge in [-0.3, -0.25) is 9.59 Å². The molecule has 0 saturated carbocycles. The summed E-state index contributed by atoms with van der Waals surface area (Å²) in [7, 11) is 0. The summed E-state index contributed by atoms with van der Waals surface area (Å²) < 4.78 is 5.48. The average molecular weight is 1060 g/mol. The number of aliphatic hydroxyl groups excluding tert-OH is 2. The van der Waals surface area contributed by atoms with Gasteiger partial charge in [-0.1, -0.05) is 341 Å². The van der Waals surface area contributed by atoms with Gasteiger partial charge < -0.3 is 20.3 Å². The van der Waals surface area contributed by atoms with Crippen molar-refractivity contribution in [2.24, 2.45) is 0 Å². The number of rotatable bonds is 65. The van der Waals surface area contributed by atoms with Crippen LogP contribution in [0.1, 0.15) is 393 Å². The van der Waals surface area contributed by atoms with Crippen LogP contribution in [-0.4, -0.2) is 47.4 Å². The van der Waals surface area contributed by atoms with Crippen molar-refractivity contribution in [1.29, 1.82) is 0 Å². The van der Waals surface area contributed by atoms with Crippen LogP contribution in [0.15, 0.2) is 12.2 Å². The smallest absolute Gasteiger partial charge is 0.305 e. The number of hydrogen-bond donors (Lipinski definition) is 3. The van der Waals surface area contributed by atoms with Gasteiger partial charge in [-0.2, -0.15) is 0 Å². The molecule has 0 aliphatic heterocycles. The summed E-state index contributed by atoms with van der Waals surface area (Å²) in [6, 6.07) is -0.534. The Morgan fingerprint density at radius 3 is 0.973 bits per heavy atom. The van der Waals surface area contributed by atoms with E-state index in [-0.39, 0.29) is 18.5 Å². The lowest BCUT2D eigenvalue weighted by molar-refractivity contribution is -0.143. The van der Waals surface area contributed by atoms with Crippen LogP contribution < -0.4 is 5.32 Å². The molecule has 6 nitrogen and oxygen atoms in total. The highest BCUT2D eigenvalue weighted by atomic mass is 16.5. The fourth-order valence-corrected chi connectivity index (χ4v) is 11.1. The molecule has 0 bridgehead atoms. The molecular formula is C69H135NO5. The van der Waals surface area contributed by atoms with Crippen molar-refractivity contribution in [1.82, 2.24) is 5.32 Å². The lowest BCUT2D eigenvalue weighted by Gasteiger charge is -2.22. The molecule has 446 valence electrons. The van der Waals surface area contributed by atoms with E-state index in [1.54, 1.807) is 0 Å². The Morgan fingerprint density at radius 2 is 0.627 bits per heavy atom. The maximum Gasteiger partial charge on any atom is 0.305 e. The maximum atomic E-state index is 12.4. The summed E-state index contributed by atoms with van der Waals surface area (Å²) in [5.41, 5.74) is 0. The third kappa shape index (κ3) is 61.7. The second-order valence-electron chi connectivity index (χ2n) is 23.9. The first kappa shape index (κ1) is 73.6. The minimum Gasteiger partial charge on any atom is -0.466 e. The van der Waals surface area contributed by atoms with Gasteiger partial charge in [0, 0.05) is 12.8 Å². The fraction of sp³-hybridized carbons (Fsp3) is 0.942. The molecule has 0 heterocycles. The standard InChI is InChI=1S/C69H135NO5/c1-3-5-7-9-11-13-14-43-47-51-55-59-63-69(74)75-64-60-56-52-48-44-41-39-37-35-33-31-29-27-25-23-21-19-17-15-16-18-20-22-24-26-28-30-32-34-36-38-40-42-46-50-54-58-62-68(73)70-66(65-71)67(72)61-57-53-49-45-12-10-8-6-4-2/h11,13,66-67,71-72H,3-10,12,14-65H2,1-2H3,(H,70,73)/b13-11-. The number of esters is 1. The van der Waals surface area contributed by atoms with Gasteiger partial charge in [0.1, 0.15) is 0 Å². The molecule has 0 aliphatic rings. The van der Waals surface area contributed by atoms with E-state index in [1.165, 1.54) is 315 Å². The SMILES string of the molecule is CCCCC/C=C\CCCCCCCC(=O)OCCCCCCCCCCCCCCCCCCCCCCCCCCCCCCCCCCCCCCCC(=O)NC(CO)C(O)CCCCCCCCCCC. The molecule has 0 saturated heterocycles. The molecule has 2 atom stereocenters. The van der Waals surface area contributed by atoms with Crippen LogP contribution in [0.25, 0.3) is 0 Å². The minimum atomic E-state index is -0.657. The maximum absolute atomic E-state index is 12.4. The van der Waals surface area contributed by atoms with Gasteiger partial charge >= 0.3 is 5.97 Å². The molecule has 0 spiro atoms. The Labute approximate surface area is 469 Å². The first-order chi connectivity index (χ1) is 37.0. The van der Waals surface area contributed by atoms with E-state index in [0.717, 1.165) is 44.9 Å². The Balaban J connectivity index is 3.26. The van der Waals surface area contributed by atoms with Crippen LogP contribution in [0.3, 0.4) is 0 Å². The highest BCUT2D eigenvalue weighted by Gasteiger charge is 2.20. The predicted molar refractivity (Wildman–Crippen MR) is 329 cm³/mol. The van der Waals surface area contributed by atoms with Crippen molar-refractivity contribution >= 4 is 11.9 Å². The van der Waals surface area contributed by atoms with Crippen molar-refractivity contribution in [2.45, 2.75) is 405 Å². The molecule has 0 fully saturated rings. The topological polar surface area (TPSA) is 95.9 Å². The fourth-order valence-electron chi connectivity index (χ4n) is 11.1. The van der Waals surface area contributed by atoms with E-state index in [1.807, 2.05) is 0 Å². The quantitative estimate of drug-likeness (QED) is 0.0320. The second kappa shape index (κ2) is 65.1. The van der Waals surface area contributed by atoms with Crippen LogP contribution in [0.2, 0.25) is 0 Å². The summed E-state index contributed by atoms with van der Waals surface area (Å²) in [5.74, 6) is -0.0160. The van der Waals surface area contributed by atoms with Crippen molar-refractivity contribution in [2.75, 3.05) is 13.2 Å². The third-order valence-electron chi connectivity index (χ3n) is 16.3. The van der Waals surface area contributed by atoms with E-state index in [2.05, 4.69) is 31.3 Å². The predicted octanol–water partition coefficient (Wildman–Crippen LogP) is 22.0. The number of carbonyl (C=O) groups is 2. The molecule has 75 heavy (non-hydrogen) atoms. The van der Waals surface area contributed by atoms with E-state index < -0.39 is 12.1 Å². The molecule has 2 unspecified atom stereocenters. The Bertz CT molecular complexity index is 1130. The molecule has 0 aliphatic carbocycles. The molecule has 0 rings (SSSR count). The van der Waals surface area contributed by atoms with Gasteiger partial charge in [-0.25, -0.2) is 0 Å². The molecule has 6 heteroatoms. The van der Waals surface area contributed by atoms with E-state index in [4.69, 9.17) is 4.74 Å². The molecular weight excluding hydrogens is 923 g/mol. The summed E-state index contributed by atoms with van der Waals surface area (Å²) in [5, 5.41) is 23.1. The number of amides is 1. The monoisotopic (exact) mass is 1060 g/mol. The van der Waals surface area contributed by atoms with Crippen LogP contribution >= 0.6 is 0 Å². The third-order valence-corrected chi connectivity index (χ3v) is 16.3. The zero-order chi connectivity index (χ0) is 54.3. The molecule has 0 aromatic rings. The first-order valence-electron chi connectivity index (χ1n) is 34.4. The summed E-state index contributed by atoms with van der Waals surface area (Å²) in [6.45, 7) is 4.94. The van der Waals surface area contributed by atoms with Gasteiger partial charge in [0.25, 0.3) is 0 Å². The lowest BCUT2D eigenvalue weighted by atomic mass is 10.0. The van der Waals surface area contributed by atoms with Gasteiger partial charge in [0.2, 0.25) is 5.91 Å². The van der Waals surface area contributed by atoms with Crippen molar-refractivity contribution in [3.63, 3.8) is 0 Å². The zero-order valence-corrected chi connectivity index (χ0v) is 51.1. The van der Waals surface area contributed by atoms with E-state index in [0.29, 0.717) is 25.9 Å².